The SMILES string of the molecule is CC(C(=O)Nc1cc(C(=O)[O-])ccc1OC(F)(F)F)N1CCOCC1. The van der Waals surface area contributed by atoms with Crippen LogP contribution in [0, 0.1) is 0 Å². The summed E-state index contributed by atoms with van der Waals surface area (Å²) in [6.45, 7) is 3.48. The normalized spacial score (nSPS) is 17.0. The standard InChI is InChI=1S/C15H17F3N2O5/c1-9(20-4-6-24-7-5-20)13(21)19-11-8-10(14(22)23)2-3-12(11)25-15(16,17)18/h2-3,8-9H,4-7H2,1H3,(H,19,21)(H,22,23)/p-1. The van der Waals surface area contributed by atoms with E-state index in [9.17, 15) is 27.9 Å². The van der Waals surface area contributed by atoms with E-state index < -0.39 is 35.7 Å². The molecule has 0 radical (unpaired) electrons. The summed E-state index contributed by atoms with van der Waals surface area (Å²) < 4.78 is 46.5. The minimum absolute atomic E-state index is 0.385. The highest BCUT2D eigenvalue weighted by molar-refractivity contribution is 5.97. The Morgan fingerprint density at radius 1 is 1.32 bits per heavy atom. The van der Waals surface area contributed by atoms with Gasteiger partial charge in [0.2, 0.25) is 5.91 Å². The summed E-state index contributed by atoms with van der Waals surface area (Å²) in [5.41, 5.74) is -0.784. The molecule has 138 valence electrons. The van der Waals surface area contributed by atoms with Crippen LogP contribution in [0.5, 0.6) is 5.75 Å². The average Bonchev–Trinajstić information content (AvgIpc) is 2.55. The monoisotopic (exact) mass is 361 g/mol. The van der Waals surface area contributed by atoms with Gasteiger partial charge in [-0.2, -0.15) is 0 Å². The number of hydrogen-bond acceptors (Lipinski definition) is 6. The van der Waals surface area contributed by atoms with Crippen LogP contribution in [0.1, 0.15) is 17.3 Å². The Morgan fingerprint density at radius 3 is 2.52 bits per heavy atom. The molecule has 1 aliphatic rings. The van der Waals surface area contributed by atoms with Crippen molar-refractivity contribution < 1.29 is 37.3 Å². The zero-order chi connectivity index (χ0) is 18.6. The second-order valence-corrected chi connectivity index (χ2v) is 5.36. The van der Waals surface area contributed by atoms with Gasteiger partial charge in [-0.1, -0.05) is 0 Å². The summed E-state index contributed by atoms with van der Waals surface area (Å²) in [6.07, 6.45) is -4.99. The third-order valence-electron chi connectivity index (χ3n) is 3.67. The van der Waals surface area contributed by atoms with E-state index in [1.807, 2.05) is 0 Å². The highest BCUT2D eigenvalue weighted by Gasteiger charge is 2.33. The molecule has 0 aromatic heterocycles. The Labute approximate surface area is 141 Å². The lowest BCUT2D eigenvalue weighted by atomic mass is 10.1. The van der Waals surface area contributed by atoms with Crippen LogP contribution in [0.25, 0.3) is 0 Å². The largest absolute Gasteiger partial charge is 0.573 e. The molecule has 0 saturated carbocycles. The van der Waals surface area contributed by atoms with Gasteiger partial charge in [0.1, 0.15) is 0 Å². The second-order valence-electron chi connectivity index (χ2n) is 5.36. The number of carboxylic acids is 1. The van der Waals surface area contributed by atoms with Gasteiger partial charge in [0, 0.05) is 13.1 Å². The number of carbonyl (C=O) groups excluding carboxylic acids is 2. The van der Waals surface area contributed by atoms with Crippen LogP contribution >= 0.6 is 0 Å². The van der Waals surface area contributed by atoms with Crippen LogP contribution in [0.2, 0.25) is 0 Å². The van der Waals surface area contributed by atoms with Crippen molar-refractivity contribution in [3.8, 4) is 5.75 Å². The first-order chi connectivity index (χ1) is 11.7. The molecular weight excluding hydrogens is 345 g/mol. The van der Waals surface area contributed by atoms with Crippen molar-refractivity contribution >= 4 is 17.6 Å². The predicted octanol–water partition coefficient (Wildman–Crippen LogP) is 0.608. The van der Waals surface area contributed by atoms with E-state index in [4.69, 9.17) is 4.74 Å². The van der Waals surface area contributed by atoms with E-state index in [1.54, 1.807) is 11.8 Å². The summed E-state index contributed by atoms with van der Waals surface area (Å²) >= 11 is 0. The molecule has 2 rings (SSSR count). The number of carbonyl (C=O) groups is 2. The first kappa shape index (κ1) is 19.0. The Hall–Kier alpha value is -2.33. The van der Waals surface area contributed by atoms with E-state index >= 15 is 0 Å². The zero-order valence-electron chi connectivity index (χ0n) is 13.3. The Kier molecular flexibility index (Phi) is 5.85. The summed E-state index contributed by atoms with van der Waals surface area (Å²) in [5, 5.41) is 13.2. The molecule has 0 aliphatic carbocycles. The molecule has 1 aromatic rings. The van der Waals surface area contributed by atoms with E-state index in [0.29, 0.717) is 26.3 Å². The molecule has 1 saturated heterocycles. The zero-order valence-corrected chi connectivity index (χ0v) is 13.3. The van der Waals surface area contributed by atoms with Gasteiger partial charge in [0.15, 0.2) is 5.75 Å². The number of hydrogen-bond donors (Lipinski definition) is 1. The topological polar surface area (TPSA) is 90.9 Å². The lowest BCUT2D eigenvalue weighted by Gasteiger charge is -2.31. The maximum Gasteiger partial charge on any atom is 0.573 e. The van der Waals surface area contributed by atoms with Gasteiger partial charge >= 0.3 is 6.36 Å². The van der Waals surface area contributed by atoms with Crippen molar-refractivity contribution in [3.05, 3.63) is 23.8 Å². The minimum Gasteiger partial charge on any atom is -0.545 e. The smallest absolute Gasteiger partial charge is 0.545 e. The fourth-order valence-corrected chi connectivity index (χ4v) is 2.34. The van der Waals surface area contributed by atoms with E-state index in [1.165, 1.54) is 0 Å². The number of carboxylic acid groups (broad SMARTS) is 1. The van der Waals surface area contributed by atoms with E-state index in [0.717, 1.165) is 18.2 Å². The maximum atomic E-state index is 12.5. The van der Waals surface area contributed by atoms with Crippen molar-refractivity contribution in [1.29, 1.82) is 0 Å². The summed E-state index contributed by atoms with van der Waals surface area (Å²) in [4.78, 5) is 25.0. The van der Waals surface area contributed by atoms with Crippen molar-refractivity contribution in [2.24, 2.45) is 0 Å². The van der Waals surface area contributed by atoms with E-state index in [-0.39, 0.29) is 5.56 Å². The first-order valence-corrected chi connectivity index (χ1v) is 7.41. The van der Waals surface area contributed by atoms with Gasteiger partial charge in [0.05, 0.1) is 30.9 Å². The van der Waals surface area contributed by atoms with E-state index in [2.05, 4.69) is 10.1 Å². The number of ether oxygens (including phenoxy) is 2. The molecule has 1 unspecified atom stereocenters. The fraction of sp³-hybridized carbons (Fsp3) is 0.467. The van der Waals surface area contributed by atoms with Crippen LogP contribution in [-0.4, -0.2) is 55.5 Å². The molecule has 1 fully saturated rings. The molecule has 25 heavy (non-hydrogen) atoms. The van der Waals surface area contributed by atoms with Crippen LogP contribution < -0.4 is 15.2 Å². The number of aromatic carboxylic acids is 1. The van der Waals surface area contributed by atoms with Gasteiger partial charge in [-0.3, -0.25) is 9.69 Å². The molecule has 1 aromatic carbocycles. The summed E-state index contributed by atoms with van der Waals surface area (Å²) in [7, 11) is 0. The minimum atomic E-state index is -4.99. The average molecular weight is 361 g/mol. The molecular formula is C15H16F3N2O5-. The van der Waals surface area contributed by atoms with Crippen LogP contribution in [0.15, 0.2) is 18.2 Å². The molecule has 0 bridgehead atoms. The highest BCUT2D eigenvalue weighted by atomic mass is 19.4. The number of benzene rings is 1. The van der Waals surface area contributed by atoms with Crippen molar-refractivity contribution in [1.82, 2.24) is 4.90 Å². The van der Waals surface area contributed by atoms with Gasteiger partial charge in [-0.25, -0.2) is 0 Å². The van der Waals surface area contributed by atoms with Crippen molar-refractivity contribution in [2.45, 2.75) is 19.3 Å². The molecule has 1 atom stereocenters. The third-order valence-corrected chi connectivity index (χ3v) is 3.67. The number of alkyl halides is 3. The van der Waals surface area contributed by atoms with Gasteiger partial charge in [-0.05, 0) is 30.7 Å². The van der Waals surface area contributed by atoms with Gasteiger partial charge < -0.3 is 24.7 Å². The Bertz CT molecular complexity index is 645. The number of nitrogens with zero attached hydrogens (tertiary/aromatic N) is 1. The lowest BCUT2D eigenvalue weighted by Crippen LogP contribution is -2.47. The number of halogens is 3. The number of amides is 1. The molecule has 1 amide bonds. The van der Waals surface area contributed by atoms with Gasteiger partial charge in [-0.15, -0.1) is 13.2 Å². The number of rotatable bonds is 5. The Balaban J connectivity index is 2.20. The number of morpholine rings is 1. The molecule has 7 nitrogen and oxygen atoms in total. The van der Waals surface area contributed by atoms with Crippen molar-refractivity contribution in [3.63, 3.8) is 0 Å². The Morgan fingerprint density at radius 2 is 1.96 bits per heavy atom. The summed E-state index contributed by atoms with van der Waals surface area (Å²) in [6, 6.07) is 1.93. The molecule has 1 aliphatic heterocycles. The second kappa shape index (κ2) is 7.70. The highest BCUT2D eigenvalue weighted by Crippen LogP contribution is 2.31. The fourth-order valence-electron chi connectivity index (χ4n) is 2.34. The molecule has 1 heterocycles. The van der Waals surface area contributed by atoms with Crippen molar-refractivity contribution in [2.75, 3.05) is 31.6 Å². The lowest BCUT2D eigenvalue weighted by molar-refractivity contribution is -0.274. The predicted molar refractivity (Wildman–Crippen MR) is 77.9 cm³/mol. The summed E-state index contributed by atoms with van der Waals surface area (Å²) in [5.74, 6) is -2.89. The van der Waals surface area contributed by atoms with Crippen LogP contribution in [0.3, 0.4) is 0 Å². The number of nitrogens with one attached hydrogen (secondary N) is 1. The third kappa shape index (κ3) is 5.33. The van der Waals surface area contributed by atoms with Crippen LogP contribution in [-0.2, 0) is 9.53 Å². The van der Waals surface area contributed by atoms with Gasteiger partial charge in [0.25, 0.3) is 0 Å². The quantitative estimate of drug-likeness (QED) is 0.826. The molecule has 0 spiro atoms. The maximum absolute atomic E-state index is 12.5. The number of anilines is 1. The van der Waals surface area contributed by atoms with Crippen LogP contribution in [0.4, 0.5) is 18.9 Å². The first-order valence-electron chi connectivity index (χ1n) is 7.41. The molecule has 10 heteroatoms. The molecule has 1 N–H and O–H groups in total.